The Hall–Kier alpha value is -1.89. The Bertz CT molecular complexity index is 632. The van der Waals surface area contributed by atoms with E-state index in [2.05, 4.69) is 10.6 Å². The summed E-state index contributed by atoms with van der Waals surface area (Å²) in [6, 6.07) is 8.96. The number of nitrogens with one attached hydrogen (secondary N) is 2. The van der Waals surface area contributed by atoms with Gasteiger partial charge in [0, 0.05) is 19.5 Å². The second kappa shape index (κ2) is 9.99. The number of para-hydroxylation sites is 1. The highest BCUT2D eigenvalue weighted by molar-refractivity contribution is 7.07. The maximum absolute atomic E-state index is 12.0. The molecule has 1 aromatic heterocycles. The van der Waals surface area contributed by atoms with Gasteiger partial charge in [0.05, 0.1) is 11.3 Å². The van der Waals surface area contributed by atoms with E-state index in [1.807, 2.05) is 16.8 Å². The third-order valence-corrected chi connectivity index (χ3v) is 3.83. The second-order valence-electron chi connectivity index (χ2n) is 4.77. The number of amides is 2. The van der Waals surface area contributed by atoms with Crippen LogP contribution in [0.2, 0.25) is 0 Å². The SMILES string of the molecule is Cl.NCCNC(=O)c1ccccc1NC(=O)CCc1ccsc1. The Labute approximate surface area is 145 Å². The molecule has 0 radical (unpaired) electrons. The summed E-state index contributed by atoms with van der Waals surface area (Å²) in [5.41, 5.74) is 7.49. The molecule has 23 heavy (non-hydrogen) atoms. The molecule has 0 fully saturated rings. The van der Waals surface area contributed by atoms with Crippen LogP contribution in [0.4, 0.5) is 5.69 Å². The Morgan fingerprint density at radius 2 is 1.96 bits per heavy atom. The molecule has 0 saturated heterocycles. The number of hydrogen-bond donors (Lipinski definition) is 3. The number of nitrogens with two attached hydrogens (primary N) is 1. The van der Waals surface area contributed by atoms with Crippen molar-refractivity contribution in [1.82, 2.24) is 5.32 Å². The molecule has 5 nitrogen and oxygen atoms in total. The van der Waals surface area contributed by atoms with Crippen LogP contribution in [0.3, 0.4) is 0 Å². The average Bonchev–Trinajstić information content (AvgIpc) is 3.04. The first-order valence-corrected chi connectivity index (χ1v) is 8.03. The summed E-state index contributed by atoms with van der Waals surface area (Å²) < 4.78 is 0. The lowest BCUT2D eigenvalue weighted by Crippen LogP contribution is -2.30. The van der Waals surface area contributed by atoms with Crippen LogP contribution in [0.1, 0.15) is 22.3 Å². The molecule has 1 heterocycles. The summed E-state index contributed by atoms with van der Waals surface area (Å²) >= 11 is 1.61. The quantitative estimate of drug-likeness (QED) is 0.714. The molecular weight excluding hydrogens is 334 g/mol. The summed E-state index contributed by atoms with van der Waals surface area (Å²) in [5.74, 6) is -0.343. The van der Waals surface area contributed by atoms with Gasteiger partial charge in [-0.05, 0) is 40.9 Å². The first-order chi connectivity index (χ1) is 10.7. The number of thiophene rings is 1. The summed E-state index contributed by atoms with van der Waals surface area (Å²) in [7, 11) is 0. The van der Waals surface area contributed by atoms with Crippen LogP contribution in [-0.2, 0) is 11.2 Å². The van der Waals surface area contributed by atoms with Gasteiger partial charge in [-0.2, -0.15) is 11.3 Å². The highest BCUT2D eigenvalue weighted by Gasteiger charge is 2.12. The predicted molar refractivity (Wildman–Crippen MR) is 96.3 cm³/mol. The zero-order valence-electron chi connectivity index (χ0n) is 12.6. The fourth-order valence-corrected chi connectivity index (χ4v) is 2.68. The first kappa shape index (κ1) is 19.2. The van der Waals surface area contributed by atoms with E-state index in [4.69, 9.17) is 5.73 Å². The first-order valence-electron chi connectivity index (χ1n) is 7.09. The van der Waals surface area contributed by atoms with Crippen molar-refractivity contribution in [2.75, 3.05) is 18.4 Å². The highest BCUT2D eigenvalue weighted by atomic mass is 35.5. The van der Waals surface area contributed by atoms with Crippen molar-refractivity contribution >= 4 is 41.2 Å². The topological polar surface area (TPSA) is 84.2 Å². The normalized spacial score (nSPS) is 9.78. The van der Waals surface area contributed by atoms with Gasteiger partial charge in [0.15, 0.2) is 0 Å². The molecule has 2 aromatic rings. The van der Waals surface area contributed by atoms with E-state index in [1.165, 1.54) is 0 Å². The third-order valence-electron chi connectivity index (χ3n) is 3.10. The highest BCUT2D eigenvalue weighted by Crippen LogP contribution is 2.16. The molecule has 7 heteroatoms. The Balaban J connectivity index is 0.00000264. The zero-order valence-corrected chi connectivity index (χ0v) is 14.2. The number of anilines is 1. The van der Waals surface area contributed by atoms with Crippen molar-refractivity contribution < 1.29 is 9.59 Å². The maximum atomic E-state index is 12.0. The van der Waals surface area contributed by atoms with Crippen LogP contribution in [0.5, 0.6) is 0 Å². The Morgan fingerprint density at radius 3 is 2.65 bits per heavy atom. The zero-order chi connectivity index (χ0) is 15.8. The summed E-state index contributed by atoms with van der Waals surface area (Å²) in [4.78, 5) is 24.1. The van der Waals surface area contributed by atoms with Crippen molar-refractivity contribution in [2.24, 2.45) is 5.73 Å². The number of halogens is 1. The minimum atomic E-state index is -0.237. The largest absolute Gasteiger partial charge is 0.351 e. The van der Waals surface area contributed by atoms with Crippen LogP contribution in [-0.4, -0.2) is 24.9 Å². The smallest absolute Gasteiger partial charge is 0.253 e. The molecule has 0 saturated carbocycles. The Morgan fingerprint density at radius 1 is 1.17 bits per heavy atom. The van der Waals surface area contributed by atoms with Gasteiger partial charge in [-0.1, -0.05) is 12.1 Å². The molecule has 0 unspecified atom stereocenters. The van der Waals surface area contributed by atoms with Crippen LogP contribution in [0.25, 0.3) is 0 Å². The number of benzene rings is 1. The van der Waals surface area contributed by atoms with E-state index >= 15 is 0 Å². The number of rotatable bonds is 7. The number of carbonyl (C=O) groups is 2. The molecule has 0 aliphatic carbocycles. The van der Waals surface area contributed by atoms with Gasteiger partial charge >= 0.3 is 0 Å². The van der Waals surface area contributed by atoms with Crippen LogP contribution < -0.4 is 16.4 Å². The molecule has 0 spiro atoms. The van der Waals surface area contributed by atoms with Gasteiger partial charge in [0.1, 0.15) is 0 Å². The van der Waals surface area contributed by atoms with E-state index < -0.39 is 0 Å². The van der Waals surface area contributed by atoms with Gasteiger partial charge in [-0.25, -0.2) is 0 Å². The van der Waals surface area contributed by atoms with E-state index in [0.717, 1.165) is 5.56 Å². The molecular formula is C16H20ClN3O2S. The van der Waals surface area contributed by atoms with Crippen LogP contribution in [0, 0.1) is 0 Å². The molecule has 4 N–H and O–H groups in total. The standard InChI is InChI=1S/C16H19N3O2S.ClH/c17-8-9-18-16(21)13-3-1-2-4-14(13)19-15(20)6-5-12-7-10-22-11-12;/h1-4,7,10-11H,5-6,8-9,17H2,(H,18,21)(H,19,20);1H. The van der Waals surface area contributed by atoms with Crippen LogP contribution in [0.15, 0.2) is 41.1 Å². The minimum absolute atomic E-state index is 0. The van der Waals surface area contributed by atoms with Crippen molar-refractivity contribution in [1.29, 1.82) is 0 Å². The number of carbonyl (C=O) groups excluding carboxylic acids is 2. The molecule has 0 atom stereocenters. The monoisotopic (exact) mass is 353 g/mol. The fourth-order valence-electron chi connectivity index (χ4n) is 1.98. The van der Waals surface area contributed by atoms with Crippen LogP contribution >= 0.6 is 23.7 Å². The van der Waals surface area contributed by atoms with Gasteiger partial charge < -0.3 is 16.4 Å². The minimum Gasteiger partial charge on any atom is -0.351 e. The van der Waals surface area contributed by atoms with Gasteiger partial charge in [-0.15, -0.1) is 12.4 Å². The molecule has 2 rings (SSSR count). The molecule has 0 aliphatic rings. The fraction of sp³-hybridized carbons (Fsp3) is 0.250. The average molecular weight is 354 g/mol. The number of hydrogen-bond acceptors (Lipinski definition) is 4. The van der Waals surface area contributed by atoms with Gasteiger partial charge in [-0.3, -0.25) is 9.59 Å². The van der Waals surface area contributed by atoms with Gasteiger partial charge in [0.2, 0.25) is 5.91 Å². The Kier molecular flexibility index (Phi) is 8.32. The molecule has 124 valence electrons. The van der Waals surface area contributed by atoms with Crippen molar-refractivity contribution in [2.45, 2.75) is 12.8 Å². The molecule has 0 aliphatic heterocycles. The van der Waals surface area contributed by atoms with Crippen molar-refractivity contribution in [3.05, 3.63) is 52.2 Å². The number of aryl methyl sites for hydroxylation is 1. The summed E-state index contributed by atoms with van der Waals surface area (Å²) in [5, 5.41) is 9.53. The van der Waals surface area contributed by atoms with E-state index in [9.17, 15) is 9.59 Å². The molecule has 0 bridgehead atoms. The summed E-state index contributed by atoms with van der Waals surface area (Å²) in [6.07, 6.45) is 1.08. The molecule has 2 amide bonds. The molecule has 1 aromatic carbocycles. The van der Waals surface area contributed by atoms with E-state index in [0.29, 0.717) is 37.2 Å². The second-order valence-corrected chi connectivity index (χ2v) is 5.55. The van der Waals surface area contributed by atoms with E-state index in [-0.39, 0.29) is 24.2 Å². The summed E-state index contributed by atoms with van der Waals surface area (Å²) in [6.45, 7) is 0.778. The van der Waals surface area contributed by atoms with Crippen molar-refractivity contribution in [3.8, 4) is 0 Å². The lowest BCUT2D eigenvalue weighted by atomic mass is 10.1. The maximum Gasteiger partial charge on any atom is 0.253 e. The lowest BCUT2D eigenvalue weighted by Gasteiger charge is -2.11. The predicted octanol–water partition coefficient (Wildman–Crippen LogP) is 2.43. The lowest BCUT2D eigenvalue weighted by molar-refractivity contribution is -0.116. The third kappa shape index (κ3) is 6.02. The van der Waals surface area contributed by atoms with Gasteiger partial charge in [0.25, 0.3) is 5.91 Å². The van der Waals surface area contributed by atoms with Crippen molar-refractivity contribution in [3.63, 3.8) is 0 Å². The van der Waals surface area contributed by atoms with E-state index in [1.54, 1.807) is 35.6 Å².